The second kappa shape index (κ2) is 24.6. The van der Waals surface area contributed by atoms with Gasteiger partial charge in [0.1, 0.15) is 11.3 Å². The molecule has 5 heterocycles. The Kier molecular flexibility index (Phi) is 19.7. The second-order valence-corrected chi connectivity index (χ2v) is 21.3. The summed E-state index contributed by atoms with van der Waals surface area (Å²) in [5.41, 5.74) is 4.11. The number of Topliss-reactive ketones (excluding diaryl/α,β-unsaturated/α-hetero) is 1. The molecule has 410 valence electrons. The number of imidazole rings is 1. The van der Waals surface area contributed by atoms with E-state index in [1.165, 1.54) is 26.4 Å². The number of amides is 1. The topological polar surface area (TPSA) is 199 Å². The molecule has 18 heteroatoms. The molecule has 3 fully saturated rings. The monoisotopic (exact) mass is 1040 g/mol. The predicted molar refractivity (Wildman–Crippen MR) is 285 cm³/mol. The number of allylic oxidation sites excluding steroid dienone is 4. The molecule has 4 aromatic rings. The molecular formula is C57H79F3N8O7. The van der Waals surface area contributed by atoms with Crippen molar-refractivity contribution in [2.75, 3.05) is 20.7 Å². The first-order valence-corrected chi connectivity index (χ1v) is 26.1. The van der Waals surface area contributed by atoms with Crippen LogP contribution in [0.5, 0.6) is 0 Å². The van der Waals surface area contributed by atoms with Gasteiger partial charge in [0.25, 0.3) is 0 Å². The van der Waals surface area contributed by atoms with E-state index in [0.29, 0.717) is 60.1 Å². The molecule has 0 aromatic carbocycles. The van der Waals surface area contributed by atoms with Crippen molar-refractivity contribution in [3.05, 3.63) is 107 Å². The van der Waals surface area contributed by atoms with Crippen LogP contribution in [-0.2, 0) is 26.5 Å². The van der Waals surface area contributed by atoms with E-state index < -0.39 is 41.1 Å². The number of carbonyl (C=O) groups is 2. The van der Waals surface area contributed by atoms with Crippen LogP contribution >= 0.6 is 0 Å². The third kappa shape index (κ3) is 15.5. The fourth-order valence-electron chi connectivity index (χ4n) is 9.41. The van der Waals surface area contributed by atoms with E-state index in [2.05, 4.69) is 26.0 Å². The van der Waals surface area contributed by atoms with Gasteiger partial charge in [0.2, 0.25) is 11.7 Å². The van der Waals surface area contributed by atoms with Crippen LogP contribution in [0.4, 0.5) is 13.2 Å². The van der Waals surface area contributed by atoms with E-state index in [4.69, 9.17) is 9.72 Å². The number of hydrogen-bond acceptors (Lipinski definition) is 13. The third-order valence-corrected chi connectivity index (χ3v) is 14.1. The van der Waals surface area contributed by atoms with Crippen molar-refractivity contribution < 1.29 is 47.9 Å². The van der Waals surface area contributed by atoms with Crippen molar-refractivity contribution in [3.8, 4) is 11.3 Å². The van der Waals surface area contributed by atoms with E-state index in [1.54, 1.807) is 64.1 Å². The standard InChI is InChI=1S/C34H42N6O6.C21H31F3N2O.C2H6/c1-5-6-7-22(17-38(3)34(43,44)45)14-29(21(2)41)40-13-12-33(31(40)42)15-27(33)26-10-11-28(37-30(26)23-8-9-23)24-16-35-32-36-25(20-46-4)19-39(32)18-24;1-8-19(4,5)12-15(3)26-18(21(22,23)24)11-14(2)16-9-10-17(25-13-16)20(6,7)27;1-2/h6-7,10-11,16-19,23,27,29,43-45H,5,8-9,12-15,20H2,1-4H3;9-11,13,15,27H,8,12H2,1-7H3;1-2H3/b7-6+,22-17+;14-11+,26-18?;. The van der Waals surface area contributed by atoms with Gasteiger partial charge >= 0.3 is 12.3 Å². The third-order valence-electron chi connectivity index (χ3n) is 14.1. The van der Waals surface area contributed by atoms with Gasteiger partial charge in [-0.15, -0.1) is 0 Å². The van der Waals surface area contributed by atoms with Gasteiger partial charge in [-0.25, -0.2) is 9.97 Å². The number of aliphatic imine (C=N–C) groups is 1. The summed E-state index contributed by atoms with van der Waals surface area (Å²) in [4.78, 5) is 51.9. The molecular weight excluding hydrogens is 966 g/mol. The molecule has 75 heavy (non-hydrogen) atoms. The van der Waals surface area contributed by atoms with Crippen molar-refractivity contribution in [2.45, 2.75) is 176 Å². The first-order valence-electron chi connectivity index (χ1n) is 26.1. The molecule has 4 N–H and O–H groups in total. The number of halogens is 3. The number of hydrogen-bond donors (Lipinski definition) is 4. The number of pyridine rings is 2. The smallest absolute Gasteiger partial charge is 0.384 e. The molecule has 7 rings (SSSR count). The number of ether oxygens (including phenoxy) is 1. The predicted octanol–water partition coefficient (Wildman–Crippen LogP) is 10.2. The zero-order chi connectivity index (χ0) is 55.8. The highest BCUT2D eigenvalue weighted by atomic mass is 19.4. The van der Waals surface area contributed by atoms with Crippen LogP contribution in [0.2, 0.25) is 0 Å². The van der Waals surface area contributed by atoms with Gasteiger partial charge < -0.3 is 35.0 Å². The summed E-state index contributed by atoms with van der Waals surface area (Å²) in [5.74, 6) is 0.850. The van der Waals surface area contributed by atoms with Crippen molar-refractivity contribution in [2.24, 2.45) is 15.8 Å². The van der Waals surface area contributed by atoms with E-state index in [9.17, 15) is 43.2 Å². The summed E-state index contributed by atoms with van der Waals surface area (Å²) < 4.78 is 47.5. The van der Waals surface area contributed by atoms with Crippen molar-refractivity contribution in [1.29, 1.82) is 0 Å². The molecule has 1 spiro atoms. The fraction of sp³-hybridized carbons (Fsp3) is 0.561. The zero-order valence-corrected chi connectivity index (χ0v) is 46.0. The Morgan fingerprint density at radius 2 is 1.69 bits per heavy atom. The molecule has 2 saturated carbocycles. The number of rotatable bonds is 20. The Bertz CT molecular complexity index is 2730. The maximum atomic E-state index is 14.1. The molecule has 1 aliphatic heterocycles. The normalized spacial score (nSPS) is 19.5. The van der Waals surface area contributed by atoms with E-state index >= 15 is 0 Å². The average molecular weight is 1050 g/mol. The summed E-state index contributed by atoms with van der Waals surface area (Å²) in [5, 5.41) is 38.7. The Labute approximate surface area is 440 Å². The quantitative estimate of drug-likeness (QED) is 0.0372. The SMILES string of the molecule is CC.CC/C=C/C(=C\N(C)C(O)(O)O)CC(C(C)=O)N1CCC2(CC2c2ccc(-c3cnc4nc(COC)cn4c3)nc2C2CC2)C1=O.CCC(C)(C)CC(C)N=C(/C=C(\C)c1ccc(C(C)(C)O)nc1)C(F)(F)F. The molecule has 1 saturated heterocycles. The highest BCUT2D eigenvalue weighted by molar-refractivity contribution is 6.04. The lowest BCUT2D eigenvalue weighted by molar-refractivity contribution is -0.376. The van der Waals surface area contributed by atoms with E-state index in [1.807, 2.05) is 70.5 Å². The van der Waals surface area contributed by atoms with Gasteiger partial charge in [-0.3, -0.25) is 29.0 Å². The van der Waals surface area contributed by atoms with Gasteiger partial charge in [0.05, 0.1) is 35.1 Å². The summed E-state index contributed by atoms with van der Waals surface area (Å²) in [6.07, 6.45) is 11.6. The van der Waals surface area contributed by atoms with Crippen LogP contribution in [-0.4, -0.2) is 117 Å². The first kappa shape index (κ1) is 60.2. The maximum Gasteiger partial charge on any atom is 0.432 e. The highest BCUT2D eigenvalue weighted by Gasteiger charge is 2.66. The summed E-state index contributed by atoms with van der Waals surface area (Å²) >= 11 is 0. The largest absolute Gasteiger partial charge is 0.432 e. The minimum Gasteiger partial charge on any atom is -0.384 e. The molecule has 4 unspecified atom stereocenters. The lowest BCUT2D eigenvalue weighted by Crippen LogP contribution is -2.44. The minimum absolute atomic E-state index is 0.0156. The number of fused-ring (bicyclic) bond motifs is 1. The second-order valence-electron chi connectivity index (χ2n) is 21.3. The average Bonchev–Trinajstić information content (AvgIpc) is 4.26. The van der Waals surface area contributed by atoms with E-state index in [-0.39, 0.29) is 29.4 Å². The first-order chi connectivity index (χ1) is 35.1. The highest BCUT2D eigenvalue weighted by Crippen LogP contribution is 2.66. The van der Waals surface area contributed by atoms with Crippen LogP contribution in [0.15, 0.2) is 84.0 Å². The molecule has 15 nitrogen and oxygen atoms in total. The number of likely N-dealkylation sites (tertiary alicyclic amines) is 1. The molecule has 2 aliphatic carbocycles. The summed E-state index contributed by atoms with van der Waals surface area (Å²) in [6, 6.07) is 6.26. The lowest BCUT2D eigenvalue weighted by atomic mass is 9.84. The fourth-order valence-corrected chi connectivity index (χ4v) is 9.41. The minimum atomic E-state index is -4.52. The van der Waals surface area contributed by atoms with Crippen LogP contribution in [0.3, 0.4) is 0 Å². The molecule has 4 atom stereocenters. The number of nitrogens with zero attached hydrogens (tertiary/aromatic N) is 8. The van der Waals surface area contributed by atoms with Crippen LogP contribution in [0.25, 0.3) is 22.6 Å². The van der Waals surface area contributed by atoms with Gasteiger partial charge in [-0.05, 0) is 119 Å². The number of aliphatic hydroxyl groups is 4. The van der Waals surface area contributed by atoms with Gasteiger partial charge in [0, 0.05) is 87.2 Å². The zero-order valence-electron chi connectivity index (χ0n) is 46.0. The molecule has 0 radical (unpaired) electrons. The number of methoxy groups -OCH3 is 1. The Morgan fingerprint density at radius 3 is 2.25 bits per heavy atom. The maximum absolute atomic E-state index is 14.1. The van der Waals surface area contributed by atoms with Gasteiger partial charge in [-0.1, -0.05) is 72.2 Å². The summed E-state index contributed by atoms with van der Waals surface area (Å²) in [7, 11) is 2.95. The summed E-state index contributed by atoms with van der Waals surface area (Å²) in [6.45, 7) is 20.9. The molecule has 4 aromatic heterocycles. The van der Waals surface area contributed by atoms with Crippen LogP contribution in [0, 0.1) is 10.8 Å². The molecule has 3 aliphatic rings. The van der Waals surface area contributed by atoms with Crippen molar-refractivity contribution in [3.63, 3.8) is 0 Å². The van der Waals surface area contributed by atoms with E-state index in [0.717, 1.165) is 71.3 Å². The van der Waals surface area contributed by atoms with Crippen LogP contribution in [0.1, 0.15) is 168 Å². The van der Waals surface area contributed by atoms with Gasteiger partial charge in [0.15, 0.2) is 5.78 Å². The molecule has 1 amide bonds. The number of ketones is 1. The Balaban J connectivity index is 0.000000307. The van der Waals surface area contributed by atoms with Gasteiger partial charge in [-0.2, -0.15) is 13.2 Å². The number of aromatic nitrogens is 5. The van der Waals surface area contributed by atoms with Crippen molar-refractivity contribution in [1.82, 2.24) is 34.1 Å². The van der Waals surface area contributed by atoms with Crippen LogP contribution < -0.4 is 0 Å². The molecule has 0 bridgehead atoms. The number of alkyl halides is 3. The van der Waals surface area contributed by atoms with Crippen molar-refractivity contribution >= 4 is 28.8 Å². The lowest BCUT2D eigenvalue weighted by Gasteiger charge is -2.29. The Morgan fingerprint density at radius 1 is 1.00 bits per heavy atom. The Hall–Kier alpha value is -5.66. The number of carbonyl (C=O) groups excluding carboxylic acids is 2.